The van der Waals surface area contributed by atoms with Crippen LogP contribution in [0, 0.1) is 0 Å². The highest BCUT2D eigenvalue weighted by Gasteiger charge is 2.24. The molecule has 1 unspecified atom stereocenters. The van der Waals surface area contributed by atoms with Crippen molar-refractivity contribution in [3.8, 4) is 0 Å². The first-order valence-electron chi connectivity index (χ1n) is 7.27. The normalized spacial score (nSPS) is 20.1. The van der Waals surface area contributed by atoms with E-state index in [9.17, 15) is 0 Å². The summed E-state index contributed by atoms with van der Waals surface area (Å²) in [4.78, 5) is 6.96. The molecule has 0 amide bonds. The smallest absolute Gasteiger partial charge is 0.0795 e. The van der Waals surface area contributed by atoms with E-state index in [0.717, 1.165) is 32.6 Å². The molecule has 1 aliphatic rings. The number of piperazine rings is 1. The zero-order valence-electron chi connectivity index (χ0n) is 11.9. The Morgan fingerprint density at radius 1 is 1.35 bits per heavy atom. The average molecular weight is 287 g/mol. The van der Waals surface area contributed by atoms with E-state index in [4.69, 9.17) is 0 Å². The molecule has 1 fully saturated rings. The van der Waals surface area contributed by atoms with E-state index >= 15 is 0 Å². The second-order valence-corrected chi connectivity index (χ2v) is 5.98. The van der Waals surface area contributed by atoms with Gasteiger partial charge in [0.05, 0.1) is 11.2 Å². The Labute approximate surface area is 124 Å². The fraction of sp³-hybridized carbons (Fsp3) is 0.438. The van der Waals surface area contributed by atoms with Crippen LogP contribution < -0.4 is 5.32 Å². The van der Waals surface area contributed by atoms with Gasteiger partial charge >= 0.3 is 0 Å². The molecule has 1 aliphatic heterocycles. The summed E-state index contributed by atoms with van der Waals surface area (Å²) < 4.78 is 0. The molecule has 1 N–H and O–H groups in total. The zero-order valence-corrected chi connectivity index (χ0v) is 12.7. The molecule has 20 heavy (non-hydrogen) atoms. The minimum Gasteiger partial charge on any atom is -0.314 e. The van der Waals surface area contributed by atoms with Gasteiger partial charge in [-0.25, -0.2) is 4.98 Å². The van der Waals surface area contributed by atoms with Crippen LogP contribution in [0.3, 0.4) is 0 Å². The van der Waals surface area contributed by atoms with E-state index in [1.807, 2.05) is 5.51 Å². The van der Waals surface area contributed by atoms with Crippen LogP contribution in [-0.2, 0) is 13.0 Å². The Morgan fingerprint density at radius 3 is 2.90 bits per heavy atom. The molecule has 106 valence electrons. The van der Waals surface area contributed by atoms with Gasteiger partial charge in [-0.2, -0.15) is 0 Å². The summed E-state index contributed by atoms with van der Waals surface area (Å²) in [7, 11) is 0. The monoisotopic (exact) mass is 287 g/mol. The molecule has 4 heteroatoms. The molecule has 1 aromatic heterocycles. The molecule has 0 bridgehead atoms. The maximum Gasteiger partial charge on any atom is 0.0795 e. The highest BCUT2D eigenvalue weighted by atomic mass is 32.1. The fourth-order valence-corrected chi connectivity index (χ4v) is 3.31. The molecule has 3 rings (SSSR count). The summed E-state index contributed by atoms with van der Waals surface area (Å²) in [5.41, 5.74) is 5.92. The number of aryl methyl sites for hydroxylation is 1. The number of nitrogens with one attached hydrogen (secondary N) is 1. The molecule has 1 aromatic carbocycles. The topological polar surface area (TPSA) is 28.2 Å². The van der Waals surface area contributed by atoms with E-state index in [1.54, 1.807) is 11.3 Å². The molecule has 1 atom stereocenters. The van der Waals surface area contributed by atoms with Crippen molar-refractivity contribution in [1.29, 1.82) is 0 Å². The van der Waals surface area contributed by atoms with Crippen molar-refractivity contribution in [2.24, 2.45) is 0 Å². The molecule has 0 spiro atoms. The average Bonchev–Trinajstić information content (AvgIpc) is 3.01. The first-order valence-corrected chi connectivity index (χ1v) is 8.21. The summed E-state index contributed by atoms with van der Waals surface area (Å²) in [6.45, 7) is 6.32. The summed E-state index contributed by atoms with van der Waals surface area (Å²) in [5, 5.41) is 5.66. The van der Waals surface area contributed by atoms with Crippen LogP contribution in [0.25, 0.3) is 0 Å². The molecule has 0 aliphatic carbocycles. The molecule has 0 saturated carbocycles. The van der Waals surface area contributed by atoms with E-state index in [-0.39, 0.29) is 0 Å². The SMILES string of the molecule is CCc1ccc(C2CNCCN2Cc2cscn2)cc1. The van der Waals surface area contributed by atoms with E-state index in [0.29, 0.717) is 6.04 Å². The molecule has 2 aromatic rings. The maximum atomic E-state index is 4.42. The van der Waals surface area contributed by atoms with E-state index in [2.05, 4.69) is 51.8 Å². The van der Waals surface area contributed by atoms with Crippen LogP contribution in [0.4, 0.5) is 0 Å². The van der Waals surface area contributed by atoms with Crippen molar-refractivity contribution in [2.75, 3.05) is 19.6 Å². The highest BCUT2D eigenvalue weighted by Crippen LogP contribution is 2.24. The van der Waals surface area contributed by atoms with Crippen molar-refractivity contribution in [3.63, 3.8) is 0 Å². The molecule has 2 heterocycles. The van der Waals surface area contributed by atoms with Crippen molar-refractivity contribution in [1.82, 2.24) is 15.2 Å². The van der Waals surface area contributed by atoms with E-state index in [1.165, 1.54) is 16.8 Å². The summed E-state index contributed by atoms with van der Waals surface area (Å²) in [6.07, 6.45) is 1.10. The number of hydrogen-bond acceptors (Lipinski definition) is 4. The number of nitrogens with zero attached hydrogens (tertiary/aromatic N) is 2. The molecular formula is C16H21N3S. The van der Waals surface area contributed by atoms with Gasteiger partial charge in [0, 0.05) is 37.6 Å². The van der Waals surface area contributed by atoms with Gasteiger partial charge in [0.15, 0.2) is 0 Å². The quantitative estimate of drug-likeness (QED) is 0.937. The van der Waals surface area contributed by atoms with Gasteiger partial charge < -0.3 is 5.32 Å². The zero-order chi connectivity index (χ0) is 13.8. The van der Waals surface area contributed by atoms with Crippen molar-refractivity contribution < 1.29 is 0 Å². The highest BCUT2D eigenvalue weighted by molar-refractivity contribution is 7.07. The van der Waals surface area contributed by atoms with Crippen LogP contribution in [0.2, 0.25) is 0 Å². The van der Waals surface area contributed by atoms with Gasteiger partial charge in [0.2, 0.25) is 0 Å². The fourth-order valence-electron chi connectivity index (χ4n) is 2.76. The first kappa shape index (κ1) is 13.7. The number of hydrogen-bond donors (Lipinski definition) is 1. The second-order valence-electron chi connectivity index (χ2n) is 5.27. The molecule has 1 saturated heterocycles. The van der Waals surface area contributed by atoms with Gasteiger partial charge in [0.1, 0.15) is 0 Å². The Bertz CT molecular complexity index is 521. The lowest BCUT2D eigenvalue weighted by Crippen LogP contribution is -2.45. The minimum atomic E-state index is 0.455. The third-order valence-electron chi connectivity index (χ3n) is 3.98. The van der Waals surface area contributed by atoms with Crippen molar-refractivity contribution >= 4 is 11.3 Å². The third-order valence-corrected chi connectivity index (χ3v) is 4.61. The predicted octanol–water partition coefficient (Wildman–Crippen LogP) is 2.85. The third kappa shape index (κ3) is 3.08. The number of thiazole rings is 1. The minimum absolute atomic E-state index is 0.455. The van der Waals surface area contributed by atoms with Gasteiger partial charge in [-0.3, -0.25) is 4.90 Å². The number of rotatable bonds is 4. The standard InChI is InChI=1S/C16H21N3S/c1-2-13-3-5-14(6-4-13)16-9-17-7-8-19(16)10-15-11-20-12-18-15/h3-6,11-12,16-17H,2,7-10H2,1H3. The largest absolute Gasteiger partial charge is 0.314 e. The lowest BCUT2D eigenvalue weighted by atomic mass is 10.0. The number of benzene rings is 1. The van der Waals surface area contributed by atoms with Crippen molar-refractivity contribution in [3.05, 3.63) is 52.0 Å². The van der Waals surface area contributed by atoms with Crippen LogP contribution in [-0.4, -0.2) is 29.5 Å². The Morgan fingerprint density at radius 2 is 2.20 bits per heavy atom. The first-order chi connectivity index (χ1) is 9.86. The van der Waals surface area contributed by atoms with Crippen molar-refractivity contribution in [2.45, 2.75) is 25.9 Å². The van der Waals surface area contributed by atoms with Crippen LogP contribution in [0.5, 0.6) is 0 Å². The van der Waals surface area contributed by atoms with Crippen LogP contribution in [0.1, 0.15) is 29.8 Å². The molecule has 3 nitrogen and oxygen atoms in total. The van der Waals surface area contributed by atoms with Gasteiger partial charge in [-0.1, -0.05) is 31.2 Å². The van der Waals surface area contributed by atoms with Gasteiger partial charge in [0.25, 0.3) is 0 Å². The maximum absolute atomic E-state index is 4.42. The Hall–Kier alpha value is -1.23. The lowest BCUT2D eigenvalue weighted by Gasteiger charge is -2.36. The van der Waals surface area contributed by atoms with Gasteiger partial charge in [-0.05, 0) is 17.5 Å². The van der Waals surface area contributed by atoms with Crippen LogP contribution in [0.15, 0.2) is 35.2 Å². The Balaban J connectivity index is 1.77. The number of aromatic nitrogens is 1. The summed E-state index contributed by atoms with van der Waals surface area (Å²) in [5.74, 6) is 0. The molecular weight excluding hydrogens is 266 g/mol. The predicted molar refractivity (Wildman–Crippen MR) is 84.0 cm³/mol. The lowest BCUT2D eigenvalue weighted by molar-refractivity contribution is 0.152. The summed E-state index contributed by atoms with van der Waals surface area (Å²) >= 11 is 1.68. The van der Waals surface area contributed by atoms with Gasteiger partial charge in [-0.15, -0.1) is 11.3 Å². The van der Waals surface area contributed by atoms with E-state index < -0.39 is 0 Å². The summed E-state index contributed by atoms with van der Waals surface area (Å²) in [6, 6.07) is 9.53. The molecule has 0 radical (unpaired) electrons. The Kier molecular flexibility index (Phi) is 4.45. The second kappa shape index (κ2) is 6.48. The van der Waals surface area contributed by atoms with Crippen LogP contribution >= 0.6 is 11.3 Å².